The van der Waals surface area contributed by atoms with E-state index >= 15 is 0 Å². The fraction of sp³-hybridized carbons (Fsp3) is 0.273. The molecule has 0 aliphatic rings. The van der Waals surface area contributed by atoms with Crippen LogP contribution in [0.15, 0.2) is 24.3 Å². The molecule has 0 fully saturated rings. The number of aromatic hydroxyl groups is 1. The van der Waals surface area contributed by atoms with E-state index in [1.54, 1.807) is 0 Å². The molecule has 0 spiro atoms. The third-order valence-corrected chi connectivity index (χ3v) is 2.07. The molecular formula is C11H13NO5. The highest BCUT2D eigenvalue weighted by atomic mass is 16.5. The summed E-state index contributed by atoms with van der Waals surface area (Å²) in [6.45, 7) is -0.112. The Bertz CT molecular complexity index is 401. The van der Waals surface area contributed by atoms with Gasteiger partial charge in [0.1, 0.15) is 5.75 Å². The van der Waals surface area contributed by atoms with Crippen LogP contribution in [0.5, 0.6) is 5.75 Å². The SMILES string of the molecule is COCC(NC(=O)c1ccc(O)cc1)C(=O)O. The normalized spacial score (nSPS) is 11.8. The van der Waals surface area contributed by atoms with Gasteiger partial charge in [0.2, 0.25) is 0 Å². The molecule has 92 valence electrons. The van der Waals surface area contributed by atoms with E-state index in [0.717, 1.165) is 0 Å². The van der Waals surface area contributed by atoms with E-state index < -0.39 is 17.9 Å². The standard InChI is InChI=1S/C11H13NO5/c1-17-6-9(11(15)16)12-10(14)7-2-4-8(13)5-3-7/h2-5,9,13H,6H2,1H3,(H,12,14)(H,15,16). The second-order valence-electron chi connectivity index (χ2n) is 3.37. The number of amides is 1. The highest BCUT2D eigenvalue weighted by molar-refractivity contribution is 5.96. The van der Waals surface area contributed by atoms with Gasteiger partial charge in [0.15, 0.2) is 6.04 Å². The zero-order valence-electron chi connectivity index (χ0n) is 9.21. The van der Waals surface area contributed by atoms with Crippen LogP contribution in [0.4, 0.5) is 0 Å². The number of benzene rings is 1. The monoisotopic (exact) mass is 239 g/mol. The Balaban J connectivity index is 2.70. The van der Waals surface area contributed by atoms with Gasteiger partial charge >= 0.3 is 5.97 Å². The van der Waals surface area contributed by atoms with E-state index in [2.05, 4.69) is 10.1 Å². The molecule has 6 heteroatoms. The average Bonchev–Trinajstić information content (AvgIpc) is 2.29. The van der Waals surface area contributed by atoms with Crippen LogP contribution >= 0.6 is 0 Å². The number of phenols is 1. The minimum absolute atomic E-state index is 0.0354. The number of hydrogen-bond donors (Lipinski definition) is 3. The molecule has 17 heavy (non-hydrogen) atoms. The molecule has 1 amide bonds. The van der Waals surface area contributed by atoms with Crippen LogP contribution in [0.2, 0.25) is 0 Å². The van der Waals surface area contributed by atoms with Crippen LogP contribution in [0.3, 0.4) is 0 Å². The smallest absolute Gasteiger partial charge is 0.328 e. The van der Waals surface area contributed by atoms with Crippen molar-refractivity contribution in [3.05, 3.63) is 29.8 Å². The molecule has 0 saturated carbocycles. The summed E-state index contributed by atoms with van der Waals surface area (Å²) < 4.78 is 4.69. The number of phenolic OH excluding ortho intramolecular Hbond substituents is 1. The maximum absolute atomic E-state index is 11.6. The summed E-state index contributed by atoms with van der Waals surface area (Å²) in [7, 11) is 1.35. The molecule has 3 N–H and O–H groups in total. The predicted octanol–water partition coefficient (Wildman–Crippen LogP) is 0.222. The number of carboxylic acid groups (broad SMARTS) is 1. The van der Waals surface area contributed by atoms with Crippen LogP contribution in [0.25, 0.3) is 0 Å². The van der Waals surface area contributed by atoms with E-state index in [-0.39, 0.29) is 17.9 Å². The second kappa shape index (κ2) is 5.86. The lowest BCUT2D eigenvalue weighted by molar-refractivity contribution is -0.140. The summed E-state index contributed by atoms with van der Waals surface area (Å²) in [5, 5.41) is 20.2. The summed E-state index contributed by atoms with van der Waals surface area (Å²) in [6, 6.07) is 4.40. The molecule has 1 atom stereocenters. The van der Waals surface area contributed by atoms with Gasteiger partial charge in [-0.1, -0.05) is 0 Å². The van der Waals surface area contributed by atoms with Gasteiger partial charge in [-0.15, -0.1) is 0 Å². The lowest BCUT2D eigenvalue weighted by atomic mass is 10.2. The third kappa shape index (κ3) is 3.76. The molecule has 1 rings (SSSR count). The van der Waals surface area contributed by atoms with Gasteiger partial charge in [0.25, 0.3) is 5.91 Å². The number of ether oxygens (including phenoxy) is 1. The van der Waals surface area contributed by atoms with Crippen molar-refractivity contribution < 1.29 is 24.5 Å². The molecule has 0 bridgehead atoms. The van der Waals surface area contributed by atoms with Crippen molar-refractivity contribution in [2.75, 3.05) is 13.7 Å². The molecule has 0 aliphatic carbocycles. The average molecular weight is 239 g/mol. The van der Waals surface area contributed by atoms with Gasteiger partial charge in [-0.2, -0.15) is 0 Å². The highest BCUT2D eigenvalue weighted by Gasteiger charge is 2.20. The van der Waals surface area contributed by atoms with Gasteiger partial charge in [0, 0.05) is 12.7 Å². The van der Waals surface area contributed by atoms with Crippen molar-refractivity contribution in [3.8, 4) is 5.75 Å². The molecule has 0 aromatic heterocycles. The summed E-state index contributed by atoms with van der Waals surface area (Å²) in [6.07, 6.45) is 0. The van der Waals surface area contributed by atoms with Crippen molar-refractivity contribution >= 4 is 11.9 Å². The van der Waals surface area contributed by atoms with Crippen molar-refractivity contribution in [2.45, 2.75) is 6.04 Å². The van der Waals surface area contributed by atoms with Gasteiger partial charge in [0.05, 0.1) is 6.61 Å². The number of aliphatic carboxylic acids is 1. The van der Waals surface area contributed by atoms with E-state index in [4.69, 9.17) is 10.2 Å². The van der Waals surface area contributed by atoms with Crippen LogP contribution in [-0.2, 0) is 9.53 Å². The van der Waals surface area contributed by atoms with Crippen LogP contribution in [0.1, 0.15) is 10.4 Å². The van der Waals surface area contributed by atoms with Crippen molar-refractivity contribution in [1.29, 1.82) is 0 Å². The van der Waals surface area contributed by atoms with Gasteiger partial charge in [-0.05, 0) is 24.3 Å². The lowest BCUT2D eigenvalue weighted by Gasteiger charge is -2.13. The Hall–Kier alpha value is -2.08. The zero-order chi connectivity index (χ0) is 12.8. The Morgan fingerprint density at radius 1 is 1.35 bits per heavy atom. The first-order chi connectivity index (χ1) is 8.04. The zero-order valence-corrected chi connectivity index (χ0v) is 9.21. The summed E-state index contributed by atoms with van der Waals surface area (Å²) in [4.78, 5) is 22.4. The third-order valence-electron chi connectivity index (χ3n) is 2.07. The van der Waals surface area contributed by atoms with Crippen LogP contribution < -0.4 is 5.32 Å². The van der Waals surface area contributed by atoms with Crippen molar-refractivity contribution in [3.63, 3.8) is 0 Å². The first kappa shape index (κ1) is 13.0. The van der Waals surface area contributed by atoms with Crippen molar-refractivity contribution in [1.82, 2.24) is 5.32 Å². The first-order valence-corrected chi connectivity index (χ1v) is 4.86. The summed E-state index contributed by atoms with van der Waals surface area (Å²) in [5.74, 6) is -1.67. The van der Waals surface area contributed by atoms with Crippen LogP contribution in [-0.4, -0.2) is 41.8 Å². The lowest BCUT2D eigenvalue weighted by Crippen LogP contribution is -2.43. The minimum Gasteiger partial charge on any atom is -0.508 e. The number of carboxylic acids is 1. The predicted molar refractivity (Wildman–Crippen MR) is 58.9 cm³/mol. The maximum atomic E-state index is 11.6. The van der Waals surface area contributed by atoms with E-state index in [0.29, 0.717) is 0 Å². The summed E-state index contributed by atoms with van der Waals surface area (Å²) in [5.41, 5.74) is 0.269. The molecule has 1 unspecified atom stereocenters. The van der Waals surface area contributed by atoms with Gasteiger partial charge in [-0.3, -0.25) is 4.79 Å². The highest BCUT2D eigenvalue weighted by Crippen LogP contribution is 2.09. The topological polar surface area (TPSA) is 95.9 Å². The second-order valence-corrected chi connectivity index (χ2v) is 3.37. The number of rotatable bonds is 5. The molecule has 1 aromatic carbocycles. The van der Waals surface area contributed by atoms with E-state index in [1.165, 1.54) is 31.4 Å². The molecular weight excluding hydrogens is 226 g/mol. The Kier molecular flexibility index (Phi) is 4.47. The molecule has 0 saturated heterocycles. The quantitative estimate of drug-likeness (QED) is 0.683. The van der Waals surface area contributed by atoms with E-state index in [9.17, 15) is 9.59 Å². The van der Waals surface area contributed by atoms with Gasteiger partial charge < -0.3 is 20.3 Å². The number of carbonyl (C=O) groups is 2. The number of carbonyl (C=O) groups excluding carboxylic acids is 1. The molecule has 0 radical (unpaired) electrons. The van der Waals surface area contributed by atoms with Crippen molar-refractivity contribution in [2.24, 2.45) is 0 Å². The molecule has 0 aliphatic heterocycles. The maximum Gasteiger partial charge on any atom is 0.328 e. The Morgan fingerprint density at radius 3 is 2.41 bits per heavy atom. The molecule has 0 heterocycles. The number of methoxy groups -OCH3 is 1. The Morgan fingerprint density at radius 2 is 1.94 bits per heavy atom. The fourth-order valence-electron chi connectivity index (χ4n) is 1.20. The first-order valence-electron chi connectivity index (χ1n) is 4.86. The number of nitrogens with one attached hydrogen (secondary N) is 1. The Labute approximate surface area is 97.8 Å². The number of hydrogen-bond acceptors (Lipinski definition) is 4. The van der Waals surface area contributed by atoms with E-state index in [1.807, 2.05) is 0 Å². The summed E-state index contributed by atoms with van der Waals surface area (Å²) >= 11 is 0. The largest absolute Gasteiger partial charge is 0.508 e. The minimum atomic E-state index is -1.17. The molecule has 6 nitrogen and oxygen atoms in total. The van der Waals surface area contributed by atoms with Crippen LogP contribution in [0, 0.1) is 0 Å². The molecule has 1 aromatic rings. The fourth-order valence-corrected chi connectivity index (χ4v) is 1.20. The van der Waals surface area contributed by atoms with Gasteiger partial charge in [-0.25, -0.2) is 4.79 Å².